The summed E-state index contributed by atoms with van der Waals surface area (Å²) in [6, 6.07) is 21.5. The van der Waals surface area contributed by atoms with Crippen molar-refractivity contribution in [2.45, 2.75) is 94.5 Å². The molecule has 3 aliphatic rings. The van der Waals surface area contributed by atoms with Crippen molar-refractivity contribution in [3.63, 3.8) is 0 Å². The summed E-state index contributed by atoms with van der Waals surface area (Å²) in [7, 11) is -2.64. The maximum Gasteiger partial charge on any atom is 0.261 e. The second-order valence-corrected chi connectivity index (χ2v) is 16.6. The molecule has 3 heterocycles. The zero-order chi connectivity index (χ0) is 26.2. The second-order valence-electron chi connectivity index (χ2n) is 12.2. The van der Waals surface area contributed by atoms with Crippen LogP contribution in [0.4, 0.5) is 0 Å². The quantitative estimate of drug-likeness (QED) is 0.424. The minimum Gasteiger partial charge on any atom is -0.405 e. The van der Waals surface area contributed by atoms with Crippen molar-refractivity contribution < 1.29 is 23.7 Å². The standard InChI is InChI=1S/C31H42O5Si/c1-28(2,3)37(26-14-7-5-8-15-26,27-16-9-6-10-17-27)33-23-25-13-11-18-30(34-25)19-12-20-31(36-30)22-21-29(4,24-32)35-31/h5-10,12,14-17,19,25,32H,11,13,18,20-24H2,1-4H3/t25-,29+,30-,31+/m1/s1. The molecule has 0 unspecified atom stereocenters. The van der Waals surface area contributed by atoms with Crippen LogP contribution in [-0.4, -0.2) is 49.9 Å². The van der Waals surface area contributed by atoms with Gasteiger partial charge in [-0.2, -0.15) is 0 Å². The van der Waals surface area contributed by atoms with Gasteiger partial charge in [0.1, 0.15) is 0 Å². The second kappa shape index (κ2) is 10.1. The van der Waals surface area contributed by atoms with Gasteiger partial charge in [0.2, 0.25) is 0 Å². The van der Waals surface area contributed by atoms with Gasteiger partial charge in [-0.05, 0) is 47.7 Å². The molecule has 2 aromatic rings. The maximum atomic E-state index is 9.84. The van der Waals surface area contributed by atoms with Crippen LogP contribution in [0.25, 0.3) is 0 Å². The van der Waals surface area contributed by atoms with Crippen molar-refractivity contribution in [1.29, 1.82) is 0 Å². The Morgan fingerprint density at radius 1 is 0.946 bits per heavy atom. The van der Waals surface area contributed by atoms with Crippen molar-refractivity contribution in [2.24, 2.45) is 0 Å². The van der Waals surface area contributed by atoms with Gasteiger partial charge in [0, 0.05) is 19.3 Å². The fourth-order valence-electron chi connectivity index (χ4n) is 6.41. The molecule has 0 aromatic heterocycles. The fourth-order valence-corrected chi connectivity index (χ4v) is 11.0. The first-order chi connectivity index (χ1) is 17.6. The monoisotopic (exact) mass is 522 g/mol. The van der Waals surface area contributed by atoms with Crippen LogP contribution in [0.3, 0.4) is 0 Å². The Labute approximate surface area is 222 Å². The molecule has 2 saturated heterocycles. The first kappa shape index (κ1) is 26.8. The minimum atomic E-state index is -2.64. The molecule has 5 nitrogen and oxygen atoms in total. The van der Waals surface area contributed by atoms with E-state index in [1.807, 2.05) is 6.92 Å². The zero-order valence-electron chi connectivity index (χ0n) is 22.7. The molecule has 0 aliphatic carbocycles. The number of rotatable bonds is 6. The van der Waals surface area contributed by atoms with Crippen molar-refractivity contribution in [2.75, 3.05) is 13.2 Å². The summed E-state index contributed by atoms with van der Waals surface area (Å²) in [5.74, 6) is -1.54. The van der Waals surface area contributed by atoms with E-state index in [9.17, 15) is 5.11 Å². The van der Waals surface area contributed by atoms with Crippen LogP contribution in [0, 0.1) is 0 Å². The van der Waals surface area contributed by atoms with Crippen molar-refractivity contribution in [3.05, 3.63) is 72.8 Å². The smallest absolute Gasteiger partial charge is 0.261 e. The summed E-state index contributed by atoms with van der Waals surface area (Å²) in [5.41, 5.74) is -0.563. The summed E-state index contributed by atoms with van der Waals surface area (Å²) < 4.78 is 26.9. The minimum absolute atomic E-state index is 0.00929. The van der Waals surface area contributed by atoms with E-state index in [1.54, 1.807) is 0 Å². The number of aliphatic hydroxyl groups excluding tert-OH is 1. The first-order valence-electron chi connectivity index (χ1n) is 13.8. The molecule has 0 radical (unpaired) electrons. The number of hydrogen-bond acceptors (Lipinski definition) is 5. The van der Waals surface area contributed by atoms with E-state index >= 15 is 0 Å². The molecule has 4 atom stereocenters. The normalized spacial score (nSPS) is 32.3. The zero-order valence-corrected chi connectivity index (χ0v) is 23.7. The van der Waals surface area contributed by atoms with Gasteiger partial charge in [0.05, 0.1) is 24.9 Å². The molecule has 0 amide bonds. The number of hydrogen-bond donors (Lipinski definition) is 1. The van der Waals surface area contributed by atoms with Gasteiger partial charge in [0.25, 0.3) is 8.32 Å². The maximum absolute atomic E-state index is 9.84. The van der Waals surface area contributed by atoms with Crippen LogP contribution in [0.15, 0.2) is 72.8 Å². The van der Waals surface area contributed by atoms with Crippen molar-refractivity contribution >= 4 is 18.7 Å². The lowest BCUT2D eigenvalue weighted by Gasteiger charge is -2.48. The van der Waals surface area contributed by atoms with E-state index in [4.69, 9.17) is 18.6 Å². The average Bonchev–Trinajstić information content (AvgIpc) is 3.20. The van der Waals surface area contributed by atoms with E-state index in [-0.39, 0.29) is 17.7 Å². The highest BCUT2D eigenvalue weighted by atomic mass is 28.4. The molecule has 200 valence electrons. The molecule has 5 rings (SSSR count). The molecule has 6 heteroatoms. The Morgan fingerprint density at radius 3 is 2.16 bits per heavy atom. The van der Waals surface area contributed by atoms with E-state index in [2.05, 4.69) is 93.6 Å². The van der Waals surface area contributed by atoms with Gasteiger partial charge in [-0.15, -0.1) is 0 Å². The molecule has 0 bridgehead atoms. The van der Waals surface area contributed by atoms with E-state index in [1.165, 1.54) is 10.4 Å². The van der Waals surface area contributed by atoms with E-state index < -0.39 is 25.5 Å². The molecule has 37 heavy (non-hydrogen) atoms. The average molecular weight is 523 g/mol. The van der Waals surface area contributed by atoms with Crippen LogP contribution in [-0.2, 0) is 18.6 Å². The van der Waals surface area contributed by atoms with Gasteiger partial charge in [-0.25, -0.2) is 0 Å². The van der Waals surface area contributed by atoms with Crippen LogP contribution in [0.5, 0.6) is 0 Å². The molecule has 2 aromatic carbocycles. The Bertz CT molecular complexity index is 1040. The Hall–Kier alpha value is -1.80. The third-order valence-corrected chi connectivity index (χ3v) is 13.3. The molecule has 0 saturated carbocycles. The molecule has 1 N–H and O–H groups in total. The fraction of sp³-hybridized carbons (Fsp3) is 0.548. The summed E-state index contributed by atoms with van der Waals surface area (Å²) in [5, 5.41) is 12.3. The summed E-state index contributed by atoms with van der Waals surface area (Å²) in [6.07, 6.45) is 9.05. The highest BCUT2D eigenvalue weighted by Gasteiger charge is 2.55. The topological polar surface area (TPSA) is 57.2 Å². The number of ether oxygens (including phenoxy) is 3. The third kappa shape index (κ3) is 5.12. The predicted molar refractivity (Wildman–Crippen MR) is 148 cm³/mol. The number of benzene rings is 2. The first-order valence-corrected chi connectivity index (χ1v) is 15.7. The Kier molecular flexibility index (Phi) is 7.29. The predicted octanol–water partition coefficient (Wildman–Crippen LogP) is 5.06. The SMILES string of the molecule is CC(C)(C)[Si](OC[C@H]1CCC[C@@]2(C=CC[C@@]3(CC[C@@](C)(CO)O3)O2)O1)(c1ccccc1)c1ccccc1. The Balaban J connectivity index is 1.39. The van der Waals surface area contributed by atoms with E-state index in [0.29, 0.717) is 13.0 Å². The lowest BCUT2D eigenvalue weighted by atomic mass is 9.95. The van der Waals surface area contributed by atoms with Gasteiger partial charge in [0.15, 0.2) is 11.6 Å². The highest BCUT2D eigenvalue weighted by molar-refractivity contribution is 6.99. The Morgan fingerprint density at radius 2 is 1.59 bits per heavy atom. The number of aliphatic hydroxyl groups is 1. The van der Waals surface area contributed by atoms with Crippen molar-refractivity contribution in [1.82, 2.24) is 0 Å². The van der Waals surface area contributed by atoms with Crippen LogP contribution < -0.4 is 10.4 Å². The van der Waals surface area contributed by atoms with Gasteiger partial charge in [-0.3, -0.25) is 0 Å². The molecular formula is C31H42O5Si. The summed E-state index contributed by atoms with van der Waals surface area (Å²) >= 11 is 0. The molecule has 2 fully saturated rings. The van der Waals surface area contributed by atoms with Crippen molar-refractivity contribution in [3.8, 4) is 0 Å². The lowest BCUT2D eigenvalue weighted by molar-refractivity contribution is -0.369. The van der Waals surface area contributed by atoms with Gasteiger partial charge < -0.3 is 23.7 Å². The van der Waals surface area contributed by atoms with Crippen LogP contribution in [0.2, 0.25) is 5.04 Å². The van der Waals surface area contributed by atoms with E-state index in [0.717, 1.165) is 32.1 Å². The van der Waals surface area contributed by atoms with Gasteiger partial charge in [-0.1, -0.05) is 87.5 Å². The molecular weight excluding hydrogens is 480 g/mol. The van der Waals surface area contributed by atoms with Crippen LogP contribution >= 0.6 is 0 Å². The highest BCUT2D eigenvalue weighted by Crippen LogP contribution is 2.48. The van der Waals surface area contributed by atoms with Crippen LogP contribution in [0.1, 0.15) is 66.2 Å². The summed E-state index contributed by atoms with van der Waals surface area (Å²) in [6.45, 7) is 9.36. The summed E-state index contributed by atoms with van der Waals surface area (Å²) in [4.78, 5) is 0. The van der Waals surface area contributed by atoms with Gasteiger partial charge >= 0.3 is 0 Å². The molecule has 3 aliphatic heterocycles. The lowest BCUT2D eigenvalue weighted by Crippen LogP contribution is -2.67. The largest absolute Gasteiger partial charge is 0.405 e. The molecule has 2 spiro atoms. The third-order valence-electron chi connectivity index (χ3n) is 8.28.